The summed E-state index contributed by atoms with van der Waals surface area (Å²) in [4.78, 5) is 4.31. The van der Waals surface area contributed by atoms with Crippen molar-refractivity contribution in [3.63, 3.8) is 0 Å². The Hall–Kier alpha value is -1.31. The average molecular weight is 250 g/mol. The first-order chi connectivity index (χ1) is 7.75. The van der Waals surface area contributed by atoms with Crippen LogP contribution in [0.25, 0.3) is 0 Å². The summed E-state index contributed by atoms with van der Waals surface area (Å²) >= 11 is 11.9. The molecule has 0 atom stereocenters. The number of hydrogen-bond donors (Lipinski definition) is 0. The van der Waals surface area contributed by atoms with Crippen molar-refractivity contribution in [1.82, 2.24) is 0 Å². The van der Waals surface area contributed by atoms with Gasteiger partial charge in [-0.1, -0.05) is 41.4 Å². The Morgan fingerprint density at radius 3 is 2.44 bits per heavy atom. The molecule has 1 nitrogen and oxygen atoms in total. The van der Waals surface area contributed by atoms with Gasteiger partial charge in [-0.25, -0.2) is 0 Å². The molecular weight excluding hydrogens is 241 g/mol. The third-order valence-electron chi connectivity index (χ3n) is 2.07. The van der Waals surface area contributed by atoms with Crippen LogP contribution < -0.4 is 0 Å². The van der Waals surface area contributed by atoms with E-state index < -0.39 is 0 Å². The second-order valence-corrected chi connectivity index (χ2v) is 4.10. The first-order valence-corrected chi connectivity index (χ1v) is 5.55. The van der Waals surface area contributed by atoms with Crippen LogP contribution in [0, 0.1) is 0 Å². The van der Waals surface area contributed by atoms with Gasteiger partial charge in [-0.2, -0.15) is 0 Å². The number of benzene rings is 2. The molecule has 0 fully saturated rings. The molecule has 0 aliphatic carbocycles. The maximum absolute atomic E-state index is 6.01. The molecule has 0 amide bonds. The van der Waals surface area contributed by atoms with E-state index >= 15 is 0 Å². The van der Waals surface area contributed by atoms with Gasteiger partial charge in [-0.3, -0.25) is 4.99 Å². The van der Waals surface area contributed by atoms with Crippen LogP contribution in [0.3, 0.4) is 0 Å². The fourth-order valence-corrected chi connectivity index (χ4v) is 1.62. The molecule has 80 valence electrons. The van der Waals surface area contributed by atoms with E-state index in [1.54, 1.807) is 24.4 Å². The molecule has 2 aromatic carbocycles. The Morgan fingerprint density at radius 2 is 1.69 bits per heavy atom. The highest BCUT2D eigenvalue weighted by Crippen LogP contribution is 2.20. The van der Waals surface area contributed by atoms with Gasteiger partial charge >= 0.3 is 0 Å². The lowest BCUT2D eigenvalue weighted by molar-refractivity contribution is 1.53. The van der Waals surface area contributed by atoms with Gasteiger partial charge in [0.1, 0.15) is 0 Å². The minimum atomic E-state index is 0.643. The van der Waals surface area contributed by atoms with Crippen LogP contribution in [0.2, 0.25) is 10.0 Å². The zero-order valence-electron chi connectivity index (χ0n) is 8.40. The third-order valence-corrected chi connectivity index (χ3v) is 2.65. The molecule has 0 aliphatic rings. The summed E-state index contributed by atoms with van der Waals surface area (Å²) in [6, 6.07) is 15.0. The Bertz CT molecular complexity index is 507. The highest BCUT2D eigenvalue weighted by Gasteiger charge is 1.97. The highest BCUT2D eigenvalue weighted by molar-refractivity contribution is 6.35. The van der Waals surface area contributed by atoms with Gasteiger partial charge < -0.3 is 0 Å². The molecular formula is C13H9Cl2N. The first-order valence-electron chi connectivity index (χ1n) is 4.80. The van der Waals surface area contributed by atoms with Gasteiger partial charge in [-0.15, -0.1) is 0 Å². The van der Waals surface area contributed by atoms with Gasteiger partial charge in [0.15, 0.2) is 0 Å². The number of aliphatic imine (C=N–C) groups is 1. The maximum Gasteiger partial charge on any atom is 0.0629 e. The molecule has 0 saturated heterocycles. The van der Waals surface area contributed by atoms with E-state index in [0.29, 0.717) is 10.0 Å². The lowest BCUT2D eigenvalue weighted by Gasteiger charge is -1.98. The lowest BCUT2D eigenvalue weighted by Crippen LogP contribution is -1.82. The fourth-order valence-electron chi connectivity index (χ4n) is 1.27. The predicted molar refractivity (Wildman–Crippen MR) is 70.2 cm³/mol. The second kappa shape index (κ2) is 5.15. The number of halogens is 2. The zero-order valence-corrected chi connectivity index (χ0v) is 9.91. The van der Waals surface area contributed by atoms with Crippen LogP contribution in [0.1, 0.15) is 5.56 Å². The van der Waals surface area contributed by atoms with Crippen LogP contribution >= 0.6 is 23.2 Å². The van der Waals surface area contributed by atoms with Crippen molar-refractivity contribution in [3.8, 4) is 0 Å². The predicted octanol–water partition coefficient (Wildman–Crippen LogP) is 4.74. The molecule has 0 bridgehead atoms. The van der Waals surface area contributed by atoms with Crippen molar-refractivity contribution in [2.45, 2.75) is 0 Å². The summed E-state index contributed by atoms with van der Waals surface area (Å²) in [6.07, 6.45) is 1.71. The van der Waals surface area contributed by atoms with E-state index in [9.17, 15) is 0 Å². The van der Waals surface area contributed by atoms with Crippen LogP contribution in [0.4, 0.5) is 5.69 Å². The quantitative estimate of drug-likeness (QED) is 0.682. The molecule has 0 N–H and O–H groups in total. The van der Waals surface area contributed by atoms with Crippen molar-refractivity contribution in [2.24, 2.45) is 4.99 Å². The smallest absolute Gasteiger partial charge is 0.0629 e. The van der Waals surface area contributed by atoms with E-state index in [2.05, 4.69) is 4.99 Å². The van der Waals surface area contributed by atoms with Crippen LogP contribution in [0.15, 0.2) is 53.5 Å². The lowest BCUT2D eigenvalue weighted by atomic mass is 10.2. The maximum atomic E-state index is 6.01. The number of para-hydroxylation sites is 1. The number of hydrogen-bond acceptors (Lipinski definition) is 1. The Kier molecular flexibility index (Phi) is 3.60. The molecule has 0 saturated carbocycles. The van der Waals surface area contributed by atoms with E-state index in [0.717, 1.165) is 11.3 Å². The molecule has 0 aromatic heterocycles. The largest absolute Gasteiger partial charge is 0.256 e. The van der Waals surface area contributed by atoms with Crippen molar-refractivity contribution >= 4 is 35.1 Å². The van der Waals surface area contributed by atoms with Gasteiger partial charge in [-0.05, 0) is 30.3 Å². The van der Waals surface area contributed by atoms with Crippen molar-refractivity contribution < 1.29 is 0 Å². The highest BCUT2D eigenvalue weighted by atomic mass is 35.5. The fraction of sp³-hybridized carbons (Fsp3) is 0. The molecule has 0 radical (unpaired) electrons. The Morgan fingerprint density at radius 1 is 0.938 bits per heavy atom. The molecule has 0 aliphatic heterocycles. The minimum Gasteiger partial charge on any atom is -0.256 e. The SMILES string of the molecule is Clc1ccc(Cl)c(/C=N/c2ccccc2)c1. The van der Waals surface area contributed by atoms with Gasteiger partial charge in [0.25, 0.3) is 0 Å². The minimum absolute atomic E-state index is 0.643. The van der Waals surface area contributed by atoms with Crippen LogP contribution in [-0.4, -0.2) is 6.21 Å². The summed E-state index contributed by atoms with van der Waals surface area (Å²) in [5.41, 5.74) is 1.71. The monoisotopic (exact) mass is 249 g/mol. The van der Waals surface area contributed by atoms with Gasteiger partial charge in [0, 0.05) is 21.8 Å². The van der Waals surface area contributed by atoms with Crippen molar-refractivity contribution in [1.29, 1.82) is 0 Å². The van der Waals surface area contributed by atoms with E-state index in [1.807, 2.05) is 30.3 Å². The molecule has 2 aromatic rings. The van der Waals surface area contributed by atoms with Crippen molar-refractivity contribution in [3.05, 3.63) is 64.1 Å². The Labute approximate surface area is 104 Å². The van der Waals surface area contributed by atoms with E-state index in [4.69, 9.17) is 23.2 Å². The summed E-state index contributed by atoms with van der Waals surface area (Å²) in [5, 5.41) is 1.29. The Balaban J connectivity index is 2.27. The molecule has 2 rings (SSSR count). The summed E-state index contributed by atoms with van der Waals surface area (Å²) in [5.74, 6) is 0. The van der Waals surface area contributed by atoms with E-state index in [1.165, 1.54) is 0 Å². The van der Waals surface area contributed by atoms with Crippen molar-refractivity contribution in [2.75, 3.05) is 0 Å². The van der Waals surface area contributed by atoms with Crippen LogP contribution in [-0.2, 0) is 0 Å². The zero-order chi connectivity index (χ0) is 11.4. The molecule has 16 heavy (non-hydrogen) atoms. The van der Waals surface area contributed by atoms with Gasteiger partial charge in [0.2, 0.25) is 0 Å². The molecule has 0 unspecified atom stereocenters. The first kappa shape index (κ1) is 11.2. The second-order valence-electron chi connectivity index (χ2n) is 3.26. The summed E-state index contributed by atoms with van der Waals surface area (Å²) in [7, 11) is 0. The normalized spacial score (nSPS) is 10.9. The van der Waals surface area contributed by atoms with E-state index in [-0.39, 0.29) is 0 Å². The molecule has 0 heterocycles. The summed E-state index contributed by atoms with van der Waals surface area (Å²) in [6.45, 7) is 0. The molecule has 3 heteroatoms. The summed E-state index contributed by atoms with van der Waals surface area (Å²) < 4.78 is 0. The standard InChI is InChI=1S/C13H9Cl2N/c14-11-6-7-13(15)10(8-11)9-16-12-4-2-1-3-5-12/h1-9H/b16-9+. The number of nitrogens with zero attached hydrogens (tertiary/aromatic N) is 1. The molecule has 0 spiro atoms. The van der Waals surface area contributed by atoms with Crippen LogP contribution in [0.5, 0.6) is 0 Å². The third kappa shape index (κ3) is 2.84. The topological polar surface area (TPSA) is 12.4 Å². The average Bonchev–Trinajstić information content (AvgIpc) is 2.32. The number of rotatable bonds is 2. The van der Waals surface area contributed by atoms with Gasteiger partial charge in [0.05, 0.1) is 5.69 Å².